The Labute approximate surface area is 309 Å². The first-order chi connectivity index (χ1) is 26.3. The third-order valence-corrected chi connectivity index (χ3v) is 10.7. The fourth-order valence-corrected chi connectivity index (χ4v) is 8.11. The van der Waals surface area contributed by atoms with Crippen molar-refractivity contribution in [1.29, 1.82) is 0 Å². The van der Waals surface area contributed by atoms with Gasteiger partial charge in [0, 0.05) is 16.9 Å². The zero-order valence-electron chi connectivity index (χ0n) is 29.2. The lowest BCUT2D eigenvalue weighted by Gasteiger charge is -2.28. The van der Waals surface area contributed by atoms with E-state index in [1.807, 2.05) is 0 Å². The molecule has 0 radical (unpaired) electrons. The molecule has 0 atom stereocenters. The van der Waals surface area contributed by atoms with Crippen LogP contribution in [0.2, 0.25) is 0 Å². The van der Waals surface area contributed by atoms with Crippen molar-refractivity contribution in [2.45, 2.75) is 0 Å². The van der Waals surface area contributed by atoms with Crippen LogP contribution in [0.15, 0.2) is 212 Å². The van der Waals surface area contributed by atoms with Crippen LogP contribution >= 0.6 is 0 Å². The second-order valence-corrected chi connectivity index (χ2v) is 13.7. The average Bonchev–Trinajstić information content (AvgIpc) is 3.24. The smallest absolute Gasteiger partial charge is 0.0540 e. The average molecular weight is 674 g/mol. The van der Waals surface area contributed by atoms with Gasteiger partial charge in [-0.2, -0.15) is 0 Å². The number of nitrogens with zero attached hydrogens (tertiary/aromatic N) is 1. The summed E-state index contributed by atoms with van der Waals surface area (Å²) in [5.74, 6) is 0. The zero-order valence-corrected chi connectivity index (χ0v) is 29.2. The maximum Gasteiger partial charge on any atom is 0.0540 e. The van der Waals surface area contributed by atoms with Crippen LogP contribution in [0.3, 0.4) is 0 Å². The van der Waals surface area contributed by atoms with E-state index in [0.717, 1.165) is 17.1 Å². The SMILES string of the molecule is c1ccc(-c2ccc(N(c3ccc(-c4cc5c6ccccc6ccc5c5ccccc45)cc3)c3ccccc3-c3cccc4ccccc34)cc2)cc1. The minimum Gasteiger partial charge on any atom is -0.310 e. The number of rotatable bonds is 6. The topological polar surface area (TPSA) is 3.24 Å². The number of hydrogen-bond donors (Lipinski definition) is 0. The second kappa shape index (κ2) is 13.0. The molecule has 0 fully saturated rings. The fourth-order valence-electron chi connectivity index (χ4n) is 8.11. The third kappa shape index (κ3) is 5.42. The molecule has 0 aromatic heterocycles. The van der Waals surface area contributed by atoms with Gasteiger partial charge in [-0.05, 0) is 107 Å². The largest absolute Gasteiger partial charge is 0.310 e. The summed E-state index contributed by atoms with van der Waals surface area (Å²) in [7, 11) is 0. The molecule has 0 saturated heterocycles. The maximum absolute atomic E-state index is 2.40. The molecule has 248 valence electrons. The Balaban J connectivity index is 1.15. The summed E-state index contributed by atoms with van der Waals surface area (Å²) in [6, 6.07) is 77.2. The summed E-state index contributed by atoms with van der Waals surface area (Å²) in [6.07, 6.45) is 0. The Morgan fingerprint density at radius 1 is 0.245 bits per heavy atom. The van der Waals surface area contributed by atoms with Gasteiger partial charge in [0.05, 0.1) is 5.69 Å². The molecule has 1 nitrogen and oxygen atoms in total. The van der Waals surface area contributed by atoms with Crippen LogP contribution in [0.4, 0.5) is 17.1 Å². The van der Waals surface area contributed by atoms with Gasteiger partial charge in [-0.15, -0.1) is 0 Å². The van der Waals surface area contributed by atoms with Crippen LogP contribution in [0.5, 0.6) is 0 Å². The molecule has 0 spiro atoms. The molecule has 10 aromatic carbocycles. The van der Waals surface area contributed by atoms with Crippen LogP contribution in [-0.2, 0) is 0 Å². The van der Waals surface area contributed by atoms with Crippen LogP contribution < -0.4 is 4.90 Å². The van der Waals surface area contributed by atoms with Gasteiger partial charge >= 0.3 is 0 Å². The van der Waals surface area contributed by atoms with Crippen LogP contribution in [-0.4, -0.2) is 0 Å². The summed E-state index contributed by atoms with van der Waals surface area (Å²) < 4.78 is 0. The standard InChI is InChI=1S/C52H35N/c1-2-13-36(14-3-1)37-25-30-41(31-26-37)53(52-24-11-10-22-49(52)45-23-12-17-38-15-4-6-18-43(38)45)42-32-27-40(28-33-42)50-35-51-44-19-7-5-16-39(44)29-34-48(51)46-20-8-9-21-47(46)50/h1-35H. The molecule has 0 bridgehead atoms. The predicted octanol–water partition coefficient (Wildman–Crippen LogP) is 14.8. The van der Waals surface area contributed by atoms with E-state index in [9.17, 15) is 0 Å². The number of fused-ring (bicyclic) bond motifs is 6. The van der Waals surface area contributed by atoms with E-state index in [-0.39, 0.29) is 0 Å². The number of benzene rings is 10. The third-order valence-electron chi connectivity index (χ3n) is 10.7. The molecular formula is C52H35N. The van der Waals surface area contributed by atoms with E-state index >= 15 is 0 Å². The number of anilines is 3. The molecule has 1 heteroatoms. The van der Waals surface area contributed by atoms with Gasteiger partial charge in [-0.1, -0.05) is 176 Å². The van der Waals surface area contributed by atoms with Crippen molar-refractivity contribution >= 4 is 60.2 Å². The second-order valence-electron chi connectivity index (χ2n) is 13.7. The van der Waals surface area contributed by atoms with Crippen molar-refractivity contribution < 1.29 is 0 Å². The molecule has 0 aliphatic heterocycles. The molecule has 0 aliphatic rings. The molecular weight excluding hydrogens is 639 g/mol. The highest BCUT2D eigenvalue weighted by Crippen LogP contribution is 2.44. The molecule has 0 saturated carbocycles. The van der Waals surface area contributed by atoms with Gasteiger partial charge in [0.25, 0.3) is 0 Å². The zero-order chi connectivity index (χ0) is 35.1. The summed E-state index contributed by atoms with van der Waals surface area (Å²) in [6.45, 7) is 0. The highest BCUT2D eigenvalue weighted by Gasteiger charge is 2.19. The predicted molar refractivity (Wildman–Crippen MR) is 227 cm³/mol. The summed E-state index contributed by atoms with van der Waals surface area (Å²) in [5, 5.41) is 10.1. The van der Waals surface area contributed by atoms with Gasteiger partial charge in [0.2, 0.25) is 0 Å². The summed E-state index contributed by atoms with van der Waals surface area (Å²) in [5.41, 5.74) is 10.6. The summed E-state index contributed by atoms with van der Waals surface area (Å²) >= 11 is 0. The lowest BCUT2D eigenvalue weighted by Crippen LogP contribution is -2.11. The molecule has 10 aromatic rings. The minimum atomic E-state index is 1.10. The Morgan fingerprint density at radius 2 is 0.755 bits per heavy atom. The number of hydrogen-bond acceptors (Lipinski definition) is 1. The monoisotopic (exact) mass is 673 g/mol. The minimum absolute atomic E-state index is 1.10. The molecule has 0 N–H and O–H groups in total. The Bertz CT molecular complexity index is 2920. The molecule has 53 heavy (non-hydrogen) atoms. The highest BCUT2D eigenvalue weighted by atomic mass is 15.1. The van der Waals surface area contributed by atoms with Gasteiger partial charge in [0.1, 0.15) is 0 Å². The maximum atomic E-state index is 2.40. The quantitative estimate of drug-likeness (QED) is 0.159. The first-order valence-corrected chi connectivity index (χ1v) is 18.3. The van der Waals surface area contributed by atoms with Crippen LogP contribution in [0.25, 0.3) is 76.5 Å². The normalized spacial score (nSPS) is 11.4. The van der Waals surface area contributed by atoms with E-state index in [1.54, 1.807) is 0 Å². The van der Waals surface area contributed by atoms with Crippen molar-refractivity contribution in [3.8, 4) is 33.4 Å². The van der Waals surface area contributed by atoms with Crippen LogP contribution in [0, 0.1) is 0 Å². The Kier molecular flexibility index (Phi) is 7.55. The van der Waals surface area contributed by atoms with E-state index in [2.05, 4.69) is 217 Å². The fraction of sp³-hybridized carbons (Fsp3) is 0. The highest BCUT2D eigenvalue weighted by molar-refractivity contribution is 6.21. The molecule has 0 aliphatic carbocycles. The number of para-hydroxylation sites is 1. The molecule has 0 amide bonds. The van der Waals surface area contributed by atoms with Crippen molar-refractivity contribution in [2.75, 3.05) is 4.90 Å². The first-order valence-electron chi connectivity index (χ1n) is 18.3. The summed E-state index contributed by atoms with van der Waals surface area (Å²) in [4.78, 5) is 2.40. The van der Waals surface area contributed by atoms with E-state index in [4.69, 9.17) is 0 Å². The molecule has 0 heterocycles. The van der Waals surface area contributed by atoms with Gasteiger partial charge in [-0.25, -0.2) is 0 Å². The van der Waals surface area contributed by atoms with E-state index in [1.165, 1.54) is 76.5 Å². The lowest BCUT2D eigenvalue weighted by molar-refractivity contribution is 1.28. The Hall–Kier alpha value is -6.96. The van der Waals surface area contributed by atoms with Crippen molar-refractivity contribution in [3.63, 3.8) is 0 Å². The van der Waals surface area contributed by atoms with Crippen molar-refractivity contribution in [1.82, 2.24) is 0 Å². The van der Waals surface area contributed by atoms with Crippen molar-refractivity contribution in [2.24, 2.45) is 0 Å². The lowest BCUT2D eigenvalue weighted by atomic mass is 9.91. The van der Waals surface area contributed by atoms with Crippen molar-refractivity contribution in [3.05, 3.63) is 212 Å². The molecule has 10 rings (SSSR count). The van der Waals surface area contributed by atoms with Crippen LogP contribution in [0.1, 0.15) is 0 Å². The van der Waals surface area contributed by atoms with E-state index in [0.29, 0.717) is 0 Å². The first kappa shape index (κ1) is 30.8. The Morgan fingerprint density at radius 3 is 1.51 bits per heavy atom. The molecule has 0 unspecified atom stereocenters. The van der Waals surface area contributed by atoms with Gasteiger partial charge in [-0.3, -0.25) is 0 Å². The van der Waals surface area contributed by atoms with Gasteiger partial charge in [0.15, 0.2) is 0 Å². The van der Waals surface area contributed by atoms with E-state index < -0.39 is 0 Å². The van der Waals surface area contributed by atoms with Gasteiger partial charge < -0.3 is 4.90 Å².